The molecule has 0 spiro atoms. The maximum absolute atomic E-state index is 12.7. The van der Waals surface area contributed by atoms with Gasteiger partial charge in [-0.05, 0) is 60.5 Å². The molecular formula is C21H23N3O3S2. The largest absolute Gasteiger partial charge is 0.322 e. The first-order valence-electron chi connectivity index (χ1n) is 9.77. The quantitative estimate of drug-likeness (QED) is 0.693. The number of sulfonamides is 1. The number of anilines is 2. The summed E-state index contributed by atoms with van der Waals surface area (Å²) in [7, 11) is -3.39. The van der Waals surface area contributed by atoms with Gasteiger partial charge in [0.15, 0.2) is 5.17 Å². The molecule has 0 atom stereocenters. The van der Waals surface area contributed by atoms with E-state index in [4.69, 9.17) is 0 Å². The lowest BCUT2D eigenvalue weighted by Crippen LogP contribution is -2.35. The monoisotopic (exact) mass is 429 g/mol. The van der Waals surface area contributed by atoms with Gasteiger partial charge in [0.2, 0.25) is 0 Å². The molecule has 2 aromatic rings. The third kappa shape index (κ3) is 4.48. The summed E-state index contributed by atoms with van der Waals surface area (Å²) in [6.07, 6.45) is 4.66. The van der Waals surface area contributed by atoms with Gasteiger partial charge in [0.05, 0.1) is 11.4 Å². The van der Waals surface area contributed by atoms with E-state index in [-0.39, 0.29) is 11.7 Å². The normalized spacial score (nSPS) is 16.7. The summed E-state index contributed by atoms with van der Waals surface area (Å²) in [6.45, 7) is 2.58. The third-order valence-electron chi connectivity index (χ3n) is 5.02. The molecule has 4 rings (SSSR count). The number of carbonyl (C=O) groups excluding carboxylic acids is 1. The molecule has 152 valence electrons. The lowest BCUT2D eigenvalue weighted by atomic mass is 10.1. The van der Waals surface area contributed by atoms with Gasteiger partial charge in [-0.2, -0.15) is 0 Å². The summed E-state index contributed by atoms with van der Waals surface area (Å²) in [5, 5.41) is 3.39. The van der Waals surface area contributed by atoms with Crippen LogP contribution in [0, 0.1) is 0 Å². The second-order valence-corrected chi connectivity index (χ2v) is 9.97. The molecule has 0 unspecified atom stereocenters. The molecule has 0 saturated heterocycles. The molecule has 0 bridgehead atoms. The lowest BCUT2D eigenvalue weighted by Gasteiger charge is -2.22. The van der Waals surface area contributed by atoms with Crippen LogP contribution in [0.2, 0.25) is 0 Å². The van der Waals surface area contributed by atoms with Crippen LogP contribution in [-0.2, 0) is 16.4 Å². The second-order valence-electron chi connectivity index (χ2n) is 7.20. The van der Waals surface area contributed by atoms with E-state index in [1.165, 1.54) is 36.6 Å². The van der Waals surface area contributed by atoms with Crippen LogP contribution in [0.15, 0.2) is 51.8 Å². The molecule has 0 radical (unpaired) electrons. The molecule has 1 amide bonds. The average Bonchev–Trinajstić information content (AvgIpc) is 3.04. The van der Waals surface area contributed by atoms with Crippen molar-refractivity contribution in [3.63, 3.8) is 0 Å². The number of rotatable bonds is 6. The minimum Gasteiger partial charge on any atom is -0.322 e. The van der Waals surface area contributed by atoms with Crippen molar-refractivity contribution in [3.8, 4) is 0 Å². The molecule has 0 aliphatic carbocycles. The van der Waals surface area contributed by atoms with Gasteiger partial charge in [0.25, 0.3) is 15.9 Å². The average molecular weight is 430 g/mol. The van der Waals surface area contributed by atoms with Crippen molar-refractivity contribution in [1.29, 1.82) is 0 Å². The minimum absolute atomic E-state index is 0.00712. The van der Waals surface area contributed by atoms with Gasteiger partial charge >= 0.3 is 0 Å². The maximum Gasteiger partial charge on any atom is 0.257 e. The van der Waals surface area contributed by atoms with Crippen molar-refractivity contribution in [1.82, 2.24) is 0 Å². The van der Waals surface area contributed by atoms with Crippen molar-refractivity contribution < 1.29 is 13.2 Å². The highest BCUT2D eigenvalue weighted by Gasteiger charge is 2.33. The topological polar surface area (TPSA) is 78.8 Å². The zero-order chi connectivity index (χ0) is 20.4. The van der Waals surface area contributed by atoms with Crippen LogP contribution in [0.4, 0.5) is 11.4 Å². The zero-order valence-electron chi connectivity index (χ0n) is 16.2. The highest BCUT2D eigenvalue weighted by atomic mass is 32.2. The molecule has 8 heteroatoms. The smallest absolute Gasteiger partial charge is 0.257 e. The van der Waals surface area contributed by atoms with Crippen LogP contribution in [0.1, 0.15) is 42.1 Å². The van der Waals surface area contributed by atoms with Crippen molar-refractivity contribution in [2.24, 2.45) is 4.40 Å². The fourth-order valence-electron chi connectivity index (χ4n) is 3.41. The van der Waals surface area contributed by atoms with E-state index < -0.39 is 10.0 Å². The van der Waals surface area contributed by atoms with Crippen LogP contribution in [0.25, 0.3) is 0 Å². The van der Waals surface area contributed by atoms with Crippen LogP contribution < -0.4 is 10.2 Å². The Morgan fingerprint density at radius 1 is 1.17 bits per heavy atom. The van der Waals surface area contributed by atoms with E-state index in [1.54, 1.807) is 12.1 Å². The molecule has 2 heterocycles. The number of nitrogens with zero attached hydrogens (tertiary/aromatic N) is 2. The second kappa shape index (κ2) is 8.20. The first-order chi connectivity index (χ1) is 13.9. The van der Waals surface area contributed by atoms with Gasteiger partial charge in [-0.1, -0.05) is 31.9 Å². The van der Waals surface area contributed by atoms with E-state index in [0.717, 1.165) is 22.7 Å². The predicted octanol–water partition coefficient (Wildman–Crippen LogP) is 4.28. The Bertz CT molecular complexity index is 1060. The molecule has 2 aliphatic heterocycles. The summed E-state index contributed by atoms with van der Waals surface area (Å²) >= 11 is 1.29. The number of carbonyl (C=O) groups is 1. The first-order valence-corrected chi connectivity index (χ1v) is 12.2. The van der Waals surface area contributed by atoms with E-state index in [9.17, 15) is 13.2 Å². The molecule has 0 saturated carbocycles. The first kappa shape index (κ1) is 20.0. The number of aryl methyl sites for hydroxylation is 1. The number of amidine groups is 1. The number of benzene rings is 2. The summed E-state index contributed by atoms with van der Waals surface area (Å²) in [6, 6.07) is 13.4. The van der Waals surface area contributed by atoms with Gasteiger partial charge < -0.3 is 10.2 Å². The maximum atomic E-state index is 12.7. The SMILES string of the molecule is CCCCCc1ccc(NC(=O)c2ccc3c(c2)SC2=NS(=O)(=O)CCN23)cc1. The van der Waals surface area contributed by atoms with Crippen molar-refractivity contribution in [2.75, 3.05) is 22.5 Å². The molecular weight excluding hydrogens is 406 g/mol. The molecule has 2 aromatic carbocycles. The number of hydrogen-bond acceptors (Lipinski definition) is 5. The molecule has 6 nitrogen and oxygen atoms in total. The fraction of sp³-hybridized carbons (Fsp3) is 0.333. The Hall–Kier alpha value is -2.32. The van der Waals surface area contributed by atoms with Crippen molar-refractivity contribution in [2.45, 2.75) is 37.5 Å². The van der Waals surface area contributed by atoms with Crippen LogP contribution >= 0.6 is 11.8 Å². The Morgan fingerprint density at radius 2 is 1.97 bits per heavy atom. The number of amides is 1. The van der Waals surface area contributed by atoms with E-state index >= 15 is 0 Å². The number of unbranched alkanes of at least 4 members (excludes halogenated alkanes) is 2. The van der Waals surface area contributed by atoms with Gasteiger partial charge in [0, 0.05) is 22.7 Å². The molecule has 29 heavy (non-hydrogen) atoms. The standard InChI is InChI=1S/C21H23N3O3S2/c1-2-3-4-5-15-6-9-17(10-7-15)22-20(25)16-8-11-18-19(14-16)28-21-23-29(26,27)13-12-24(18)21/h6-11,14H,2-5,12-13H2,1H3,(H,22,25). The number of hydrogen-bond donors (Lipinski definition) is 1. The Balaban J connectivity index is 1.45. The highest BCUT2D eigenvalue weighted by Crippen LogP contribution is 2.42. The summed E-state index contributed by atoms with van der Waals surface area (Å²) < 4.78 is 27.3. The number of thioether (sulfide) groups is 1. The number of fused-ring (bicyclic) bond motifs is 3. The van der Waals surface area contributed by atoms with Gasteiger partial charge in [-0.25, -0.2) is 8.42 Å². The predicted molar refractivity (Wildman–Crippen MR) is 118 cm³/mol. The zero-order valence-corrected chi connectivity index (χ0v) is 17.9. The van der Waals surface area contributed by atoms with Gasteiger partial charge in [-0.3, -0.25) is 4.79 Å². The Labute approximate surface area is 175 Å². The molecule has 2 aliphatic rings. The highest BCUT2D eigenvalue weighted by molar-refractivity contribution is 8.15. The van der Waals surface area contributed by atoms with Gasteiger partial charge in [-0.15, -0.1) is 4.40 Å². The van der Waals surface area contributed by atoms with Crippen molar-refractivity contribution >= 4 is 44.2 Å². The molecule has 0 aromatic heterocycles. The van der Waals surface area contributed by atoms with E-state index in [2.05, 4.69) is 28.8 Å². The third-order valence-corrected chi connectivity index (χ3v) is 7.32. The fourth-order valence-corrected chi connectivity index (χ4v) is 5.71. The van der Waals surface area contributed by atoms with Crippen molar-refractivity contribution in [3.05, 3.63) is 53.6 Å². The summed E-state index contributed by atoms with van der Waals surface area (Å²) in [4.78, 5) is 15.4. The van der Waals surface area contributed by atoms with Crippen LogP contribution in [0.5, 0.6) is 0 Å². The van der Waals surface area contributed by atoms with Gasteiger partial charge in [0.1, 0.15) is 0 Å². The number of nitrogens with one attached hydrogen (secondary N) is 1. The van der Waals surface area contributed by atoms with Crippen LogP contribution in [-0.4, -0.2) is 31.8 Å². The molecule has 0 fully saturated rings. The Kier molecular flexibility index (Phi) is 5.65. The summed E-state index contributed by atoms with van der Waals surface area (Å²) in [5.41, 5.74) is 3.47. The molecule has 1 N–H and O–H groups in total. The minimum atomic E-state index is -3.39. The van der Waals surface area contributed by atoms with E-state index in [1.807, 2.05) is 23.1 Å². The Morgan fingerprint density at radius 3 is 2.72 bits per heavy atom. The summed E-state index contributed by atoms with van der Waals surface area (Å²) in [5.74, 6) is -0.181. The lowest BCUT2D eigenvalue weighted by molar-refractivity contribution is 0.102. The van der Waals surface area contributed by atoms with E-state index in [0.29, 0.717) is 17.3 Å². The van der Waals surface area contributed by atoms with Crippen LogP contribution in [0.3, 0.4) is 0 Å².